The highest BCUT2D eigenvalue weighted by Gasteiger charge is 2.41. The number of piperidine rings is 1. The second kappa shape index (κ2) is 4.38. The second-order valence-corrected chi connectivity index (χ2v) is 5.32. The lowest BCUT2D eigenvalue weighted by atomic mass is 10.0. The van der Waals surface area contributed by atoms with E-state index in [1.807, 2.05) is 0 Å². The third-order valence-corrected chi connectivity index (χ3v) is 4.01. The van der Waals surface area contributed by atoms with Crippen LogP contribution in [0.2, 0.25) is 0 Å². The lowest BCUT2D eigenvalue weighted by Crippen LogP contribution is -2.49. The van der Waals surface area contributed by atoms with Crippen LogP contribution < -0.4 is 0 Å². The largest absolute Gasteiger partial charge is 0.383 e. The molecule has 0 N–H and O–H groups in total. The Hall–Kier alpha value is 0.210. The van der Waals surface area contributed by atoms with Crippen molar-refractivity contribution < 1.29 is 4.74 Å². The third kappa shape index (κ3) is 1.93. The van der Waals surface area contributed by atoms with Crippen LogP contribution in [0, 0.1) is 0 Å². The number of rotatable bonds is 3. The molecule has 0 saturated carbocycles. The number of ether oxygens (including phenoxy) is 1. The molecular formula is C11H20ClNO. The summed E-state index contributed by atoms with van der Waals surface area (Å²) in [5.74, 6) is 0. The van der Waals surface area contributed by atoms with Crippen molar-refractivity contribution in [2.24, 2.45) is 0 Å². The van der Waals surface area contributed by atoms with Crippen LogP contribution in [0.15, 0.2) is 0 Å². The minimum absolute atomic E-state index is 0.415. The van der Waals surface area contributed by atoms with Crippen molar-refractivity contribution in [1.29, 1.82) is 0 Å². The van der Waals surface area contributed by atoms with E-state index in [0.717, 1.165) is 18.7 Å². The first kappa shape index (κ1) is 10.7. The van der Waals surface area contributed by atoms with Crippen molar-refractivity contribution in [2.75, 3.05) is 13.7 Å². The summed E-state index contributed by atoms with van der Waals surface area (Å²) >= 11 is 6.24. The average Bonchev–Trinajstić information content (AvgIpc) is 2.39. The Morgan fingerprint density at radius 2 is 1.93 bits per heavy atom. The minimum atomic E-state index is 0.415. The van der Waals surface area contributed by atoms with Gasteiger partial charge in [-0.1, -0.05) is 0 Å². The predicted molar refractivity (Wildman–Crippen MR) is 58.9 cm³/mol. The van der Waals surface area contributed by atoms with E-state index in [9.17, 15) is 0 Å². The van der Waals surface area contributed by atoms with Crippen LogP contribution in [0.4, 0.5) is 0 Å². The molecule has 2 heterocycles. The molecule has 82 valence electrons. The van der Waals surface area contributed by atoms with Crippen LogP contribution in [-0.4, -0.2) is 42.1 Å². The van der Waals surface area contributed by atoms with Crippen molar-refractivity contribution >= 4 is 11.6 Å². The number of nitrogens with zero attached hydrogens (tertiary/aromatic N) is 1. The summed E-state index contributed by atoms with van der Waals surface area (Å²) in [5, 5.41) is 0.415. The summed E-state index contributed by atoms with van der Waals surface area (Å²) in [4.78, 5) is 2.64. The Bertz CT molecular complexity index is 186. The van der Waals surface area contributed by atoms with Crippen LogP contribution >= 0.6 is 11.6 Å². The number of methoxy groups -OCH3 is 1. The molecule has 3 atom stereocenters. The first-order valence-electron chi connectivity index (χ1n) is 5.62. The van der Waals surface area contributed by atoms with E-state index in [1.54, 1.807) is 7.11 Å². The summed E-state index contributed by atoms with van der Waals surface area (Å²) in [7, 11) is 1.78. The molecule has 0 amide bonds. The fourth-order valence-electron chi connectivity index (χ4n) is 3.19. The zero-order valence-electron chi connectivity index (χ0n) is 9.08. The van der Waals surface area contributed by atoms with E-state index >= 15 is 0 Å². The molecule has 3 heteroatoms. The minimum Gasteiger partial charge on any atom is -0.383 e. The molecule has 0 aliphatic carbocycles. The van der Waals surface area contributed by atoms with Crippen LogP contribution in [0.25, 0.3) is 0 Å². The van der Waals surface area contributed by atoms with Gasteiger partial charge in [0.2, 0.25) is 0 Å². The van der Waals surface area contributed by atoms with Gasteiger partial charge in [0.15, 0.2) is 0 Å². The van der Waals surface area contributed by atoms with Crippen molar-refractivity contribution in [1.82, 2.24) is 4.90 Å². The van der Waals surface area contributed by atoms with Gasteiger partial charge < -0.3 is 4.74 Å². The Morgan fingerprint density at radius 1 is 1.36 bits per heavy atom. The molecule has 0 aromatic heterocycles. The molecule has 0 aromatic rings. The Labute approximate surface area is 91.6 Å². The van der Waals surface area contributed by atoms with E-state index in [1.165, 1.54) is 25.7 Å². The van der Waals surface area contributed by atoms with E-state index in [2.05, 4.69) is 11.8 Å². The maximum atomic E-state index is 6.24. The summed E-state index contributed by atoms with van der Waals surface area (Å²) in [6.45, 7) is 3.11. The van der Waals surface area contributed by atoms with Crippen LogP contribution in [0.1, 0.15) is 32.6 Å². The quantitative estimate of drug-likeness (QED) is 0.673. The zero-order chi connectivity index (χ0) is 10.1. The highest BCUT2D eigenvalue weighted by molar-refractivity contribution is 6.20. The first-order chi connectivity index (χ1) is 6.72. The monoisotopic (exact) mass is 217 g/mol. The standard InChI is InChI=1S/C11H20ClNO/c1-8(7-14-2)13-10-3-4-11(13)6-9(12)5-10/h8-11H,3-7H2,1-2H3. The van der Waals surface area contributed by atoms with Gasteiger partial charge in [-0.25, -0.2) is 0 Å². The first-order valence-corrected chi connectivity index (χ1v) is 6.06. The highest BCUT2D eigenvalue weighted by atomic mass is 35.5. The SMILES string of the molecule is COCC(C)N1C2CCC1CC(Cl)C2. The van der Waals surface area contributed by atoms with Gasteiger partial charge in [0, 0.05) is 30.6 Å². The van der Waals surface area contributed by atoms with Gasteiger partial charge >= 0.3 is 0 Å². The fourth-order valence-corrected chi connectivity index (χ4v) is 3.61. The third-order valence-electron chi connectivity index (χ3n) is 3.65. The maximum absolute atomic E-state index is 6.24. The molecule has 2 aliphatic rings. The van der Waals surface area contributed by atoms with Gasteiger partial charge in [-0.3, -0.25) is 4.90 Å². The van der Waals surface area contributed by atoms with E-state index in [0.29, 0.717) is 11.4 Å². The van der Waals surface area contributed by atoms with Crippen molar-refractivity contribution in [3.8, 4) is 0 Å². The molecule has 2 rings (SSSR count). The molecule has 2 bridgehead atoms. The molecule has 3 unspecified atom stereocenters. The van der Waals surface area contributed by atoms with Gasteiger partial charge in [0.25, 0.3) is 0 Å². The second-order valence-electron chi connectivity index (χ2n) is 4.71. The van der Waals surface area contributed by atoms with Crippen LogP contribution in [0.5, 0.6) is 0 Å². The average molecular weight is 218 g/mol. The van der Waals surface area contributed by atoms with Crippen LogP contribution in [0.3, 0.4) is 0 Å². The molecular weight excluding hydrogens is 198 g/mol. The number of alkyl halides is 1. The summed E-state index contributed by atoms with van der Waals surface area (Å²) < 4.78 is 5.23. The predicted octanol–water partition coefficient (Wildman–Crippen LogP) is 2.26. The normalized spacial score (nSPS) is 40.1. The molecule has 2 nitrogen and oxygen atoms in total. The van der Waals surface area contributed by atoms with Gasteiger partial charge in [-0.15, -0.1) is 11.6 Å². The number of hydrogen-bond acceptors (Lipinski definition) is 2. The number of halogens is 1. The molecule has 14 heavy (non-hydrogen) atoms. The van der Waals surface area contributed by atoms with Gasteiger partial charge in [-0.05, 0) is 32.6 Å². The summed E-state index contributed by atoms with van der Waals surface area (Å²) in [6.07, 6.45) is 5.02. The van der Waals surface area contributed by atoms with Crippen LogP contribution in [-0.2, 0) is 4.74 Å². The maximum Gasteiger partial charge on any atom is 0.0615 e. The van der Waals surface area contributed by atoms with Gasteiger partial charge in [-0.2, -0.15) is 0 Å². The van der Waals surface area contributed by atoms with Crippen molar-refractivity contribution in [2.45, 2.75) is 56.1 Å². The zero-order valence-corrected chi connectivity index (χ0v) is 9.83. The number of hydrogen-bond donors (Lipinski definition) is 0. The lowest BCUT2D eigenvalue weighted by molar-refractivity contribution is 0.0444. The Kier molecular flexibility index (Phi) is 3.35. The van der Waals surface area contributed by atoms with Crippen molar-refractivity contribution in [3.63, 3.8) is 0 Å². The number of fused-ring (bicyclic) bond motifs is 2. The van der Waals surface area contributed by atoms with E-state index < -0.39 is 0 Å². The highest BCUT2D eigenvalue weighted by Crippen LogP contribution is 2.38. The summed E-state index contributed by atoms with van der Waals surface area (Å²) in [5.41, 5.74) is 0. The molecule has 2 fully saturated rings. The molecule has 0 spiro atoms. The summed E-state index contributed by atoms with van der Waals surface area (Å²) in [6, 6.07) is 2.00. The van der Waals surface area contributed by atoms with Gasteiger partial charge in [0.05, 0.1) is 6.61 Å². The lowest BCUT2D eigenvalue weighted by Gasteiger charge is -2.40. The molecule has 0 radical (unpaired) electrons. The topological polar surface area (TPSA) is 12.5 Å². The Morgan fingerprint density at radius 3 is 2.43 bits per heavy atom. The molecule has 2 aliphatic heterocycles. The molecule has 2 saturated heterocycles. The molecule has 0 aromatic carbocycles. The van der Waals surface area contributed by atoms with E-state index in [-0.39, 0.29) is 0 Å². The van der Waals surface area contributed by atoms with Crippen molar-refractivity contribution in [3.05, 3.63) is 0 Å². The van der Waals surface area contributed by atoms with E-state index in [4.69, 9.17) is 16.3 Å². The Balaban J connectivity index is 1.99. The smallest absolute Gasteiger partial charge is 0.0615 e. The van der Waals surface area contributed by atoms with Gasteiger partial charge in [0.1, 0.15) is 0 Å². The fraction of sp³-hybridized carbons (Fsp3) is 1.00.